The van der Waals surface area contributed by atoms with Gasteiger partial charge in [0.2, 0.25) is 11.8 Å². The first-order valence-electron chi connectivity index (χ1n) is 18.0. The van der Waals surface area contributed by atoms with Crippen molar-refractivity contribution < 1.29 is 37.0 Å². The summed E-state index contributed by atoms with van der Waals surface area (Å²) < 4.78 is 53.7. The second-order valence-corrected chi connectivity index (χ2v) is 15.9. The highest BCUT2D eigenvalue weighted by Gasteiger charge is 2.54. The van der Waals surface area contributed by atoms with Gasteiger partial charge >= 0.3 is 12.3 Å². The van der Waals surface area contributed by atoms with Crippen molar-refractivity contribution in [1.82, 2.24) is 20.2 Å². The average Bonchev–Trinajstić information content (AvgIpc) is 3.73. The van der Waals surface area contributed by atoms with Crippen LogP contribution in [0, 0.1) is 23.2 Å². The number of nitrogens with one attached hydrogen (secondary N) is 1. The van der Waals surface area contributed by atoms with E-state index >= 15 is 0 Å². The summed E-state index contributed by atoms with van der Waals surface area (Å²) in [5.41, 5.74) is -1.24. The Morgan fingerprint density at radius 2 is 1.76 bits per heavy atom. The third-order valence-electron chi connectivity index (χ3n) is 11.2. The van der Waals surface area contributed by atoms with Crippen LogP contribution in [0.4, 0.5) is 18.0 Å². The molecule has 2 aromatic rings. The van der Waals surface area contributed by atoms with E-state index in [1.807, 2.05) is 34.6 Å². The lowest BCUT2D eigenvalue weighted by Crippen LogP contribution is -2.58. The molecule has 0 radical (unpaired) electrons. The molecule has 0 unspecified atom stereocenters. The summed E-state index contributed by atoms with van der Waals surface area (Å²) in [6.07, 6.45) is 2.72. The molecule has 2 aliphatic carbocycles. The van der Waals surface area contributed by atoms with Crippen LogP contribution in [0.5, 0.6) is 5.88 Å². The van der Waals surface area contributed by atoms with Crippen LogP contribution in [-0.2, 0) is 26.9 Å². The predicted octanol–water partition coefficient (Wildman–Crippen LogP) is 7.43. The number of nitrogens with zero attached hydrogens (tertiary/aromatic N) is 3. The topological polar surface area (TPSA) is 111 Å². The molecular formula is C37H49F3N4O5. The molecule has 2 amide bonds. The lowest BCUT2D eigenvalue weighted by Gasteiger charge is -2.37. The Labute approximate surface area is 286 Å². The minimum absolute atomic E-state index is 0.0200. The Balaban J connectivity index is 1.42. The van der Waals surface area contributed by atoms with Crippen LogP contribution in [-0.4, -0.2) is 63.0 Å². The number of aryl methyl sites for hydroxylation is 1. The Morgan fingerprint density at radius 1 is 1.02 bits per heavy atom. The maximum Gasteiger partial charge on any atom is 0.416 e. The quantitative estimate of drug-likeness (QED) is 0.358. The predicted molar refractivity (Wildman–Crippen MR) is 177 cm³/mol. The van der Waals surface area contributed by atoms with E-state index in [4.69, 9.17) is 14.5 Å². The van der Waals surface area contributed by atoms with Crippen LogP contribution < -0.4 is 10.1 Å². The number of benzene rings is 1. The zero-order valence-electron chi connectivity index (χ0n) is 29.2. The van der Waals surface area contributed by atoms with Gasteiger partial charge in [-0.05, 0) is 94.2 Å². The molecule has 3 heterocycles. The minimum atomic E-state index is -4.55. The summed E-state index contributed by atoms with van der Waals surface area (Å²) in [4.78, 5) is 53.0. The number of rotatable bonds is 3. The highest BCUT2D eigenvalue weighted by atomic mass is 19.4. The van der Waals surface area contributed by atoms with Gasteiger partial charge < -0.3 is 19.7 Å². The third-order valence-corrected chi connectivity index (χ3v) is 11.2. The molecule has 0 spiro atoms. The number of carbonyl (C=O) groups excluding carboxylic acids is 3. The molecular weight excluding hydrogens is 637 g/mol. The van der Waals surface area contributed by atoms with Crippen LogP contribution in [0.1, 0.15) is 110 Å². The van der Waals surface area contributed by atoms with Crippen LogP contribution in [0.3, 0.4) is 0 Å². The van der Waals surface area contributed by atoms with E-state index < -0.39 is 53.0 Å². The summed E-state index contributed by atoms with van der Waals surface area (Å²) in [5.74, 6) is -0.627. The van der Waals surface area contributed by atoms with E-state index in [0.29, 0.717) is 24.1 Å². The van der Waals surface area contributed by atoms with E-state index in [1.54, 1.807) is 4.90 Å². The van der Waals surface area contributed by atoms with Crippen molar-refractivity contribution in [3.8, 4) is 5.88 Å². The Morgan fingerprint density at radius 3 is 2.43 bits per heavy atom. The monoisotopic (exact) mass is 686 g/mol. The van der Waals surface area contributed by atoms with Crippen molar-refractivity contribution in [3.63, 3.8) is 0 Å². The van der Waals surface area contributed by atoms with Gasteiger partial charge in [0.1, 0.15) is 23.4 Å². The number of amides is 2. The van der Waals surface area contributed by atoms with Crippen LogP contribution in [0.2, 0.25) is 0 Å². The minimum Gasteiger partial charge on any atom is -0.471 e. The van der Waals surface area contributed by atoms with Crippen LogP contribution in [0.15, 0.2) is 18.2 Å². The van der Waals surface area contributed by atoms with Gasteiger partial charge in [-0.15, -0.1) is 0 Å². The molecule has 3 fully saturated rings. The average molecular weight is 687 g/mol. The summed E-state index contributed by atoms with van der Waals surface area (Å²) >= 11 is 0. The number of aromatic nitrogens is 2. The molecule has 2 aliphatic heterocycles. The van der Waals surface area contributed by atoms with Crippen LogP contribution >= 0.6 is 0 Å². The van der Waals surface area contributed by atoms with E-state index in [9.17, 15) is 27.6 Å². The lowest BCUT2D eigenvalue weighted by molar-refractivity contribution is -0.142. The zero-order chi connectivity index (χ0) is 35.3. The van der Waals surface area contributed by atoms with E-state index in [-0.39, 0.29) is 41.5 Å². The second kappa shape index (κ2) is 13.4. The van der Waals surface area contributed by atoms with Crippen molar-refractivity contribution in [2.45, 2.75) is 135 Å². The molecule has 2 bridgehead atoms. The SMILES string of the molecule is CC[C@@H]1[C@@H]2CN(C(=O)[C@H](C(C)(C)C)NC(=O)O[C@]3(C)CCC[C@H]3CCCCCc3nc4ccc(C(F)(F)F)cc4nc3O2)[C@@H]1C(=O)C1CC1. The first-order chi connectivity index (χ1) is 23.1. The Kier molecular flexibility index (Phi) is 9.65. The molecule has 1 aromatic carbocycles. The third kappa shape index (κ3) is 7.38. The van der Waals surface area contributed by atoms with E-state index in [0.717, 1.165) is 69.9 Å². The maximum atomic E-state index is 14.6. The molecule has 49 heavy (non-hydrogen) atoms. The molecule has 268 valence electrons. The standard InChI is InChI=1S/C37H49F3N4O5/c1-6-24-28-20-44(29(24)30(45)21-14-15-21)33(46)31(35(2,3)4)43-34(47)49-36(5)18-10-12-22(36)11-8-7-9-13-26-32(48-28)42-27-19-23(37(38,39)40)16-17-25(27)41-26/h16-17,19,21-22,24,28-29,31H,6-15,18,20H2,1-5H3,(H,43,47)/t22-,24-,28+,29+,31-,36-/m1/s1. The van der Waals surface area contributed by atoms with Gasteiger partial charge in [0.25, 0.3) is 0 Å². The van der Waals surface area contributed by atoms with Crippen molar-refractivity contribution in [2.24, 2.45) is 23.2 Å². The molecule has 6 atom stereocenters. The molecule has 1 saturated heterocycles. The highest BCUT2D eigenvalue weighted by molar-refractivity contribution is 5.95. The number of fused-ring (bicyclic) bond motifs is 5. The van der Waals surface area contributed by atoms with Crippen molar-refractivity contribution in [2.75, 3.05) is 6.54 Å². The number of alkyl carbamates (subject to hydrolysis) is 1. The van der Waals surface area contributed by atoms with Gasteiger partial charge in [-0.2, -0.15) is 13.2 Å². The molecule has 9 nitrogen and oxygen atoms in total. The lowest BCUT2D eigenvalue weighted by atomic mass is 9.85. The second-order valence-electron chi connectivity index (χ2n) is 15.9. The number of ketones is 1. The normalized spacial score (nSPS) is 30.4. The summed E-state index contributed by atoms with van der Waals surface area (Å²) in [7, 11) is 0. The Hall–Kier alpha value is -3.44. The van der Waals surface area contributed by atoms with Gasteiger partial charge in [-0.1, -0.05) is 40.5 Å². The smallest absolute Gasteiger partial charge is 0.416 e. The van der Waals surface area contributed by atoms with E-state index in [1.165, 1.54) is 6.07 Å². The molecule has 1 aromatic heterocycles. The zero-order valence-corrected chi connectivity index (χ0v) is 29.2. The number of Topliss-reactive ketones (excluding diaryl/α,β-unsaturated/α-hetero) is 1. The number of alkyl halides is 3. The van der Waals surface area contributed by atoms with Gasteiger partial charge in [-0.25, -0.2) is 14.8 Å². The first-order valence-corrected chi connectivity index (χ1v) is 18.0. The number of carbonyl (C=O) groups is 3. The largest absolute Gasteiger partial charge is 0.471 e. The highest BCUT2D eigenvalue weighted by Crippen LogP contribution is 2.43. The number of hydrogen-bond donors (Lipinski definition) is 1. The van der Waals surface area contributed by atoms with Gasteiger partial charge in [-0.3, -0.25) is 9.59 Å². The molecule has 4 aliphatic rings. The molecule has 12 heteroatoms. The van der Waals surface area contributed by atoms with Gasteiger partial charge in [0, 0.05) is 11.8 Å². The van der Waals surface area contributed by atoms with Gasteiger partial charge in [0.15, 0.2) is 5.78 Å². The molecule has 2 saturated carbocycles. The van der Waals surface area contributed by atoms with Crippen LogP contribution in [0.25, 0.3) is 11.0 Å². The molecule has 6 rings (SSSR count). The first kappa shape index (κ1) is 35.4. The maximum absolute atomic E-state index is 14.6. The molecule has 1 N–H and O–H groups in total. The summed E-state index contributed by atoms with van der Waals surface area (Å²) in [5, 5.41) is 2.90. The number of ether oxygens (including phenoxy) is 2. The van der Waals surface area contributed by atoms with Crippen molar-refractivity contribution in [1.29, 1.82) is 0 Å². The fourth-order valence-corrected chi connectivity index (χ4v) is 8.17. The number of halogens is 3. The van der Waals surface area contributed by atoms with E-state index in [2.05, 4.69) is 10.3 Å². The fraction of sp³-hybridized carbons (Fsp3) is 0.703. The summed E-state index contributed by atoms with van der Waals surface area (Å²) in [6.45, 7) is 9.59. The summed E-state index contributed by atoms with van der Waals surface area (Å²) in [6, 6.07) is 1.58. The van der Waals surface area contributed by atoms with Crippen molar-refractivity contribution in [3.05, 3.63) is 29.5 Å². The number of hydrogen-bond acceptors (Lipinski definition) is 7. The fourth-order valence-electron chi connectivity index (χ4n) is 8.17. The van der Waals surface area contributed by atoms with Gasteiger partial charge in [0.05, 0.1) is 29.2 Å². The Bertz CT molecular complexity index is 1590. The van der Waals surface area contributed by atoms with Crippen molar-refractivity contribution >= 4 is 28.8 Å².